The topological polar surface area (TPSA) is 48.4 Å². The quantitative estimate of drug-likeness (QED) is 0.633. The molecule has 0 N–H and O–H groups in total. The van der Waals surface area contributed by atoms with E-state index in [0.29, 0.717) is 30.3 Å². The molecule has 0 spiro atoms. The normalized spacial score (nSPS) is 13.4. The van der Waals surface area contributed by atoms with Crippen LogP contribution in [0.15, 0.2) is 48.8 Å². The Bertz CT molecular complexity index is 650. The molecule has 0 atom stereocenters. The highest BCUT2D eigenvalue weighted by Gasteiger charge is 2.13. The molecular weight excluding hydrogens is 254 g/mol. The van der Waals surface area contributed by atoms with Crippen LogP contribution in [0, 0.1) is 0 Å². The van der Waals surface area contributed by atoms with Gasteiger partial charge in [-0.15, -0.1) is 0 Å². The molecule has 4 heteroatoms. The van der Waals surface area contributed by atoms with E-state index >= 15 is 0 Å². The highest BCUT2D eigenvalue weighted by atomic mass is 16.6. The summed E-state index contributed by atoms with van der Waals surface area (Å²) in [6.07, 6.45) is 6.67. The van der Waals surface area contributed by atoms with Crippen molar-refractivity contribution in [2.75, 3.05) is 13.2 Å². The third-order valence-corrected chi connectivity index (χ3v) is 2.94. The number of hydrogen-bond donors (Lipinski definition) is 0. The van der Waals surface area contributed by atoms with E-state index in [1.54, 1.807) is 36.7 Å². The maximum atomic E-state index is 12.1. The highest BCUT2D eigenvalue weighted by Crippen LogP contribution is 2.30. The van der Waals surface area contributed by atoms with Crippen LogP contribution in [0.3, 0.4) is 0 Å². The molecule has 1 aromatic carbocycles. The zero-order valence-electron chi connectivity index (χ0n) is 10.8. The number of hydrogen-bond acceptors (Lipinski definition) is 4. The Kier molecular flexibility index (Phi) is 3.46. The van der Waals surface area contributed by atoms with Gasteiger partial charge in [0.1, 0.15) is 13.2 Å². The first kappa shape index (κ1) is 12.4. The summed E-state index contributed by atoms with van der Waals surface area (Å²) in [6.45, 7) is 1.05. The minimum Gasteiger partial charge on any atom is -0.486 e. The van der Waals surface area contributed by atoms with Crippen molar-refractivity contribution in [3.63, 3.8) is 0 Å². The van der Waals surface area contributed by atoms with E-state index in [1.807, 2.05) is 12.1 Å². The number of aromatic nitrogens is 1. The number of ketones is 1. The number of nitrogens with zero attached hydrogens (tertiary/aromatic N) is 1. The molecule has 0 unspecified atom stereocenters. The Morgan fingerprint density at radius 2 is 2.00 bits per heavy atom. The lowest BCUT2D eigenvalue weighted by atomic mass is 10.1. The van der Waals surface area contributed by atoms with Gasteiger partial charge in [0.2, 0.25) is 0 Å². The van der Waals surface area contributed by atoms with Crippen LogP contribution in [0.4, 0.5) is 0 Å². The second-order valence-corrected chi connectivity index (χ2v) is 4.34. The Labute approximate surface area is 116 Å². The van der Waals surface area contributed by atoms with Crippen LogP contribution in [-0.2, 0) is 0 Å². The SMILES string of the molecule is O=C(/C=C\c1cccnc1)c1ccc2c(c1)OCCO2. The molecule has 1 aromatic heterocycles. The molecule has 1 aliphatic rings. The Balaban J connectivity index is 1.79. The molecule has 0 aliphatic carbocycles. The molecule has 0 saturated heterocycles. The Hall–Kier alpha value is -2.62. The second-order valence-electron chi connectivity index (χ2n) is 4.34. The van der Waals surface area contributed by atoms with Crippen LogP contribution in [-0.4, -0.2) is 24.0 Å². The van der Waals surface area contributed by atoms with E-state index in [-0.39, 0.29) is 5.78 Å². The van der Waals surface area contributed by atoms with Crippen LogP contribution in [0.5, 0.6) is 11.5 Å². The number of benzene rings is 1. The molecule has 0 fully saturated rings. The monoisotopic (exact) mass is 267 g/mol. The van der Waals surface area contributed by atoms with Crippen LogP contribution < -0.4 is 9.47 Å². The average molecular weight is 267 g/mol. The van der Waals surface area contributed by atoms with Gasteiger partial charge in [-0.1, -0.05) is 6.07 Å². The molecule has 4 nitrogen and oxygen atoms in total. The Morgan fingerprint density at radius 3 is 2.80 bits per heavy atom. The molecular formula is C16H13NO3. The number of fused-ring (bicyclic) bond motifs is 1. The summed E-state index contributed by atoms with van der Waals surface area (Å²) in [5, 5.41) is 0. The zero-order valence-corrected chi connectivity index (χ0v) is 10.8. The van der Waals surface area contributed by atoms with Crippen molar-refractivity contribution in [1.29, 1.82) is 0 Å². The van der Waals surface area contributed by atoms with E-state index in [9.17, 15) is 4.79 Å². The molecule has 0 bridgehead atoms. The molecule has 100 valence electrons. The van der Waals surface area contributed by atoms with Gasteiger partial charge < -0.3 is 9.47 Å². The number of pyridine rings is 1. The molecule has 0 radical (unpaired) electrons. The van der Waals surface area contributed by atoms with Gasteiger partial charge >= 0.3 is 0 Å². The van der Waals surface area contributed by atoms with Crippen LogP contribution in [0.1, 0.15) is 15.9 Å². The highest BCUT2D eigenvalue weighted by molar-refractivity contribution is 6.07. The maximum absolute atomic E-state index is 12.1. The van der Waals surface area contributed by atoms with Crippen LogP contribution >= 0.6 is 0 Å². The third-order valence-electron chi connectivity index (χ3n) is 2.94. The first-order chi connectivity index (χ1) is 9.83. The number of carbonyl (C=O) groups excluding carboxylic acids is 1. The lowest BCUT2D eigenvalue weighted by molar-refractivity contribution is 0.104. The van der Waals surface area contributed by atoms with Gasteiger partial charge in [0, 0.05) is 18.0 Å². The summed E-state index contributed by atoms with van der Waals surface area (Å²) in [4.78, 5) is 16.1. The fraction of sp³-hybridized carbons (Fsp3) is 0.125. The molecule has 0 saturated carbocycles. The molecule has 0 amide bonds. The van der Waals surface area contributed by atoms with Gasteiger partial charge in [0.25, 0.3) is 0 Å². The largest absolute Gasteiger partial charge is 0.486 e. The van der Waals surface area contributed by atoms with Gasteiger partial charge in [-0.2, -0.15) is 0 Å². The van der Waals surface area contributed by atoms with Crippen molar-refractivity contribution >= 4 is 11.9 Å². The van der Waals surface area contributed by atoms with E-state index < -0.39 is 0 Å². The predicted molar refractivity (Wildman–Crippen MR) is 75.0 cm³/mol. The van der Waals surface area contributed by atoms with E-state index in [1.165, 1.54) is 6.08 Å². The molecule has 2 heterocycles. The first-order valence-corrected chi connectivity index (χ1v) is 6.35. The summed E-state index contributed by atoms with van der Waals surface area (Å²) in [5.74, 6) is 1.23. The summed E-state index contributed by atoms with van der Waals surface area (Å²) < 4.78 is 10.9. The summed E-state index contributed by atoms with van der Waals surface area (Å²) in [5.41, 5.74) is 1.47. The van der Waals surface area contributed by atoms with Gasteiger partial charge in [-0.3, -0.25) is 9.78 Å². The molecule has 3 rings (SSSR count). The fourth-order valence-electron chi connectivity index (χ4n) is 1.94. The lowest BCUT2D eigenvalue weighted by Gasteiger charge is -2.18. The van der Waals surface area contributed by atoms with Gasteiger partial charge in [-0.25, -0.2) is 0 Å². The number of carbonyl (C=O) groups is 1. The van der Waals surface area contributed by atoms with Crippen LogP contribution in [0.25, 0.3) is 6.08 Å². The smallest absolute Gasteiger partial charge is 0.185 e. The summed E-state index contributed by atoms with van der Waals surface area (Å²) in [7, 11) is 0. The zero-order chi connectivity index (χ0) is 13.8. The fourth-order valence-corrected chi connectivity index (χ4v) is 1.94. The van der Waals surface area contributed by atoms with Crippen molar-refractivity contribution in [3.05, 3.63) is 59.9 Å². The second kappa shape index (κ2) is 5.57. The number of allylic oxidation sites excluding steroid dienone is 1. The van der Waals surface area contributed by atoms with Crippen LogP contribution in [0.2, 0.25) is 0 Å². The van der Waals surface area contributed by atoms with Crippen molar-refractivity contribution in [3.8, 4) is 11.5 Å². The van der Waals surface area contributed by atoms with E-state index in [4.69, 9.17) is 9.47 Å². The minimum atomic E-state index is -0.0779. The minimum absolute atomic E-state index is 0.0779. The lowest BCUT2D eigenvalue weighted by Crippen LogP contribution is -2.15. The molecule has 20 heavy (non-hydrogen) atoms. The van der Waals surface area contributed by atoms with Crippen molar-refractivity contribution in [2.24, 2.45) is 0 Å². The van der Waals surface area contributed by atoms with Crippen molar-refractivity contribution in [1.82, 2.24) is 4.98 Å². The van der Waals surface area contributed by atoms with E-state index in [0.717, 1.165) is 5.56 Å². The predicted octanol–water partition coefficient (Wildman–Crippen LogP) is 2.75. The first-order valence-electron chi connectivity index (χ1n) is 6.35. The Morgan fingerprint density at radius 1 is 1.15 bits per heavy atom. The third kappa shape index (κ3) is 2.69. The van der Waals surface area contributed by atoms with Crippen molar-refractivity contribution < 1.29 is 14.3 Å². The standard InChI is InChI=1S/C16H13NO3/c18-14(5-3-12-2-1-7-17-11-12)13-4-6-15-16(10-13)20-9-8-19-15/h1-7,10-11H,8-9H2/b5-3-. The maximum Gasteiger partial charge on any atom is 0.185 e. The van der Waals surface area contributed by atoms with Gasteiger partial charge in [0.05, 0.1) is 0 Å². The average Bonchev–Trinajstić information content (AvgIpc) is 2.53. The summed E-state index contributed by atoms with van der Waals surface area (Å²) >= 11 is 0. The number of ether oxygens (including phenoxy) is 2. The molecule has 1 aliphatic heterocycles. The summed E-state index contributed by atoms with van der Waals surface area (Å²) in [6, 6.07) is 8.93. The number of rotatable bonds is 3. The van der Waals surface area contributed by atoms with Crippen molar-refractivity contribution in [2.45, 2.75) is 0 Å². The van der Waals surface area contributed by atoms with Gasteiger partial charge in [-0.05, 0) is 42.0 Å². The van der Waals surface area contributed by atoms with Gasteiger partial charge in [0.15, 0.2) is 17.3 Å². The molecule has 2 aromatic rings. The van der Waals surface area contributed by atoms with E-state index in [2.05, 4.69) is 4.98 Å².